The number of carbonyl (C=O) groups is 1. The first-order chi connectivity index (χ1) is 14.5. The lowest BCUT2D eigenvalue weighted by atomic mass is 9.97. The molecule has 2 aromatic rings. The number of para-hydroxylation sites is 2. The summed E-state index contributed by atoms with van der Waals surface area (Å²) in [6.45, 7) is 2.02. The molecule has 3 N–H and O–H groups in total. The van der Waals surface area contributed by atoms with Gasteiger partial charge in [0.2, 0.25) is 11.8 Å². The van der Waals surface area contributed by atoms with E-state index in [1.807, 2.05) is 0 Å². The zero-order valence-corrected chi connectivity index (χ0v) is 17.0. The molecule has 1 aliphatic rings. The Balaban J connectivity index is 1.88. The number of nitrogens with one attached hydrogen (secondary N) is 2. The second-order valence-electron chi connectivity index (χ2n) is 7.18. The van der Waals surface area contributed by atoms with Crippen molar-refractivity contribution in [1.82, 2.24) is 9.55 Å². The number of aromatic hydroxyl groups is 1. The molecule has 0 radical (unpaired) electrons. The average Bonchev–Trinajstić information content (AvgIpc) is 2.75. The number of hydrogen-bond donors (Lipinski definition) is 3. The molecule has 0 fully saturated rings. The molecule has 8 heteroatoms. The molecule has 158 valence electrons. The van der Waals surface area contributed by atoms with Gasteiger partial charge >= 0.3 is 5.69 Å². The third-order valence-electron chi connectivity index (χ3n) is 5.08. The number of amides is 1. The maximum Gasteiger partial charge on any atom is 0.331 e. The highest BCUT2D eigenvalue weighted by Crippen LogP contribution is 2.25. The Kier molecular flexibility index (Phi) is 7.00. The van der Waals surface area contributed by atoms with Crippen molar-refractivity contribution in [3.05, 3.63) is 62.3 Å². The second-order valence-corrected chi connectivity index (χ2v) is 7.18. The molecule has 0 saturated carbocycles. The van der Waals surface area contributed by atoms with Gasteiger partial charge in [-0.25, -0.2) is 4.79 Å². The molecular formula is C22H26N4O4. The van der Waals surface area contributed by atoms with E-state index in [1.165, 1.54) is 18.2 Å². The lowest BCUT2D eigenvalue weighted by Crippen LogP contribution is -2.32. The van der Waals surface area contributed by atoms with Crippen LogP contribution < -0.4 is 16.6 Å². The number of H-pyrrole nitrogens is 1. The van der Waals surface area contributed by atoms with Crippen LogP contribution in [0.15, 0.2) is 50.5 Å². The summed E-state index contributed by atoms with van der Waals surface area (Å²) >= 11 is 0. The van der Waals surface area contributed by atoms with E-state index < -0.39 is 17.1 Å². The van der Waals surface area contributed by atoms with Crippen LogP contribution in [0, 0.1) is 0 Å². The summed E-state index contributed by atoms with van der Waals surface area (Å²) < 4.78 is 1.16. The molecule has 1 heterocycles. The topological polar surface area (TPSA) is 117 Å². The van der Waals surface area contributed by atoms with Gasteiger partial charge in [0.25, 0.3) is 5.56 Å². The summed E-state index contributed by atoms with van der Waals surface area (Å²) in [4.78, 5) is 42.7. The van der Waals surface area contributed by atoms with Crippen LogP contribution >= 0.6 is 0 Å². The first-order valence-electron chi connectivity index (χ1n) is 10.2. The van der Waals surface area contributed by atoms with Crippen LogP contribution in [-0.2, 0) is 11.3 Å². The van der Waals surface area contributed by atoms with Crippen LogP contribution in [-0.4, -0.2) is 26.8 Å². The van der Waals surface area contributed by atoms with Crippen molar-refractivity contribution in [2.75, 3.05) is 5.32 Å². The molecule has 0 atom stereocenters. The second kappa shape index (κ2) is 9.87. The van der Waals surface area contributed by atoms with Gasteiger partial charge in [0.05, 0.1) is 11.4 Å². The van der Waals surface area contributed by atoms with Gasteiger partial charge in [-0.3, -0.25) is 24.1 Å². The summed E-state index contributed by atoms with van der Waals surface area (Å²) in [5.74, 6) is -0.581. The van der Waals surface area contributed by atoms with Crippen LogP contribution in [0.3, 0.4) is 0 Å². The Morgan fingerprint density at radius 1 is 1.30 bits per heavy atom. The first kappa shape index (κ1) is 21.3. The third kappa shape index (κ3) is 5.14. The van der Waals surface area contributed by atoms with E-state index in [2.05, 4.69) is 21.4 Å². The van der Waals surface area contributed by atoms with E-state index in [4.69, 9.17) is 0 Å². The van der Waals surface area contributed by atoms with Crippen molar-refractivity contribution < 1.29 is 9.90 Å². The molecule has 30 heavy (non-hydrogen) atoms. The molecule has 0 aliphatic heterocycles. The van der Waals surface area contributed by atoms with E-state index in [1.54, 1.807) is 31.2 Å². The lowest BCUT2D eigenvalue weighted by Gasteiger charge is -2.14. The standard InChI is InChI=1S/C22H26N4O4/c1-2-19(27)24-18-11-7-6-10-17(18)23-14-16-20(28)25-22(30)26(21(16)29)13-12-15-8-4-3-5-9-15/h6-8,10-11,14,29H,2-5,9,12-13H2,1H3,(H,24,27)(H,25,28,30). The van der Waals surface area contributed by atoms with E-state index >= 15 is 0 Å². The van der Waals surface area contributed by atoms with E-state index in [9.17, 15) is 19.5 Å². The molecule has 3 rings (SSSR count). The maximum atomic E-state index is 12.2. The SMILES string of the molecule is CCC(=O)Nc1ccccc1N=Cc1c(O)n(CCC2=CCCCC2)c(=O)[nH]c1=O. The van der Waals surface area contributed by atoms with Gasteiger partial charge in [-0.15, -0.1) is 0 Å². The maximum absolute atomic E-state index is 12.2. The number of hydrogen-bond acceptors (Lipinski definition) is 5. The number of allylic oxidation sites excluding steroid dienone is 2. The molecule has 0 saturated heterocycles. The number of nitrogens with zero attached hydrogens (tertiary/aromatic N) is 2. The van der Waals surface area contributed by atoms with Crippen LogP contribution in [0.2, 0.25) is 0 Å². The number of carbonyl (C=O) groups excluding carboxylic acids is 1. The van der Waals surface area contributed by atoms with Gasteiger partial charge in [-0.1, -0.05) is 30.7 Å². The molecule has 0 unspecified atom stereocenters. The van der Waals surface area contributed by atoms with Crippen LogP contribution in [0.1, 0.15) is 51.0 Å². The number of aromatic amines is 1. The lowest BCUT2D eigenvalue weighted by molar-refractivity contribution is -0.115. The number of rotatable bonds is 7. The third-order valence-corrected chi connectivity index (χ3v) is 5.08. The average molecular weight is 410 g/mol. The van der Waals surface area contributed by atoms with Crippen LogP contribution in [0.5, 0.6) is 5.88 Å². The largest absolute Gasteiger partial charge is 0.494 e. The molecular weight excluding hydrogens is 384 g/mol. The molecule has 0 bridgehead atoms. The van der Waals surface area contributed by atoms with Crippen molar-refractivity contribution >= 4 is 23.5 Å². The first-order valence-corrected chi connectivity index (χ1v) is 10.2. The predicted molar refractivity (Wildman–Crippen MR) is 117 cm³/mol. The molecule has 1 amide bonds. The van der Waals surface area contributed by atoms with Crippen molar-refractivity contribution in [1.29, 1.82) is 0 Å². The summed E-state index contributed by atoms with van der Waals surface area (Å²) in [5, 5.41) is 13.3. The highest BCUT2D eigenvalue weighted by atomic mass is 16.3. The fraction of sp³-hybridized carbons (Fsp3) is 0.364. The smallest absolute Gasteiger partial charge is 0.331 e. The Hall–Kier alpha value is -3.42. The summed E-state index contributed by atoms with van der Waals surface area (Å²) in [5.41, 5.74) is 0.710. The zero-order valence-electron chi connectivity index (χ0n) is 17.0. The van der Waals surface area contributed by atoms with E-state index in [0.29, 0.717) is 24.2 Å². The van der Waals surface area contributed by atoms with Gasteiger partial charge in [0.15, 0.2) is 0 Å². The van der Waals surface area contributed by atoms with Crippen molar-refractivity contribution in [2.24, 2.45) is 4.99 Å². The Morgan fingerprint density at radius 2 is 2.10 bits per heavy atom. The van der Waals surface area contributed by atoms with Gasteiger partial charge < -0.3 is 10.4 Å². The zero-order chi connectivity index (χ0) is 21.5. The summed E-state index contributed by atoms with van der Waals surface area (Å²) in [6.07, 6.45) is 8.68. The van der Waals surface area contributed by atoms with Gasteiger partial charge in [-0.05, 0) is 44.2 Å². The number of benzene rings is 1. The minimum absolute atomic E-state index is 0.108. The quantitative estimate of drug-likeness (QED) is 0.480. The highest BCUT2D eigenvalue weighted by Gasteiger charge is 2.14. The summed E-state index contributed by atoms with van der Waals surface area (Å²) in [7, 11) is 0. The minimum atomic E-state index is -0.718. The Morgan fingerprint density at radius 3 is 2.83 bits per heavy atom. The van der Waals surface area contributed by atoms with Gasteiger partial charge in [0, 0.05) is 19.2 Å². The van der Waals surface area contributed by atoms with Crippen molar-refractivity contribution in [2.45, 2.75) is 52.0 Å². The molecule has 1 aromatic carbocycles. The minimum Gasteiger partial charge on any atom is -0.494 e. The molecule has 0 spiro atoms. The van der Waals surface area contributed by atoms with Gasteiger partial charge in [-0.2, -0.15) is 0 Å². The predicted octanol–water partition coefficient (Wildman–Crippen LogP) is 3.23. The Labute approximate surface area is 174 Å². The Bertz CT molecular complexity index is 1100. The number of aromatic nitrogens is 2. The number of anilines is 1. The summed E-state index contributed by atoms with van der Waals surface area (Å²) in [6, 6.07) is 6.88. The highest BCUT2D eigenvalue weighted by molar-refractivity contribution is 5.94. The van der Waals surface area contributed by atoms with Gasteiger partial charge in [0.1, 0.15) is 5.56 Å². The fourth-order valence-corrected chi connectivity index (χ4v) is 3.35. The number of aliphatic imine (C=N–C) groups is 1. The molecule has 8 nitrogen and oxygen atoms in total. The fourth-order valence-electron chi connectivity index (χ4n) is 3.35. The van der Waals surface area contributed by atoms with E-state index in [0.717, 1.165) is 23.8 Å². The molecule has 1 aromatic heterocycles. The van der Waals surface area contributed by atoms with Crippen LogP contribution in [0.4, 0.5) is 11.4 Å². The molecule has 1 aliphatic carbocycles. The normalized spacial score (nSPS) is 14.0. The van der Waals surface area contributed by atoms with E-state index in [-0.39, 0.29) is 18.0 Å². The van der Waals surface area contributed by atoms with Crippen molar-refractivity contribution in [3.8, 4) is 5.88 Å². The van der Waals surface area contributed by atoms with Crippen molar-refractivity contribution in [3.63, 3.8) is 0 Å². The monoisotopic (exact) mass is 410 g/mol. The van der Waals surface area contributed by atoms with Crippen LogP contribution in [0.25, 0.3) is 0 Å².